The molecule has 234 valence electrons. The number of nitrogens with zero attached hydrogens (tertiary/aromatic N) is 4. The summed E-state index contributed by atoms with van der Waals surface area (Å²) < 4.78 is 12.4. The highest BCUT2D eigenvalue weighted by Crippen LogP contribution is 2.38. The summed E-state index contributed by atoms with van der Waals surface area (Å²) in [4.78, 5) is 19.8. The minimum absolute atomic E-state index is 0.554. The summed E-state index contributed by atoms with van der Waals surface area (Å²) in [5.74, 6) is 2.46. The fourth-order valence-electron chi connectivity index (χ4n) is 6.77. The molecule has 0 bridgehead atoms. The van der Waals surface area contributed by atoms with Crippen molar-refractivity contribution in [2.75, 3.05) is 0 Å². The molecule has 0 fully saturated rings. The number of hydrogen-bond donors (Lipinski definition) is 0. The van der Waals surface area contributed by atoms with Crippen molar-refractivity contribution in [2.24, 2.45) is 0 Å². The molecule has 0 unspecified atom stereocenters. The number of benzene rings is 7. The van der Waals surface area contributed by atoms with Crippen LogP contribution in [0.25, 0.3) is 101 Å². The van der Waals surface area contributed by atoms with Gasteiger partial charge in [0.05, 0.1) is 0 Å². The minimum Gasteiger partial charge on any atom is -0.454 e. The van der Waals surface area contributed by atoms with E-state index in [9.17, 15) is 0 Å². The number of fused-ring (bicyclic) bond motifs is 6. The third-order valence-corrected chi connectivity index (χ3v) is 9.21. The highest BCUT2D eigenvalue weighted by molar-refractivity contribution is 6.13. The topological polar surface area (TPSA) is 77.8 Å². The average Bonchev–Trinajstić information content (AvgIpc) is 3.80. The highest BCUT2D eigenvalue weighted by atomic mass is 16.4. The molecule has 0 atom stereocenters. The molecule has 10 rings (SSSR count). The van der Waals surface area contributed by atoms with Gasteiger partial charge in [-0.05, 0) is 52.2 Å². The number of furan rings is 1. The van der Waals surface area contributed by atoms with Gasteiger partial charge in [0.1, 0.15) is 5.58 Å². The summed E-state index contributed by atoms with van der Waals surface area (Å²) in [5.41, 5.74) is 8.91. The van der Waals surface area contributed by atoms with Crippen molar-refractivity contribution in [1.29, 1.82) is 0 Å². The first-order valence-corrected chi connectivity index (χ1v) is 16.5. The van der Waals surface area contributed by atoms with Gasteiger partial charge in [-0.2, -0.15) is 0 Å². The van der Waals surface area contributed by atoms with Crippen LogP contribution >= 0.6 is 0 Å². The van der Waals surface area contributed by atoms with Gasteiger partial charge in [0.15, 0.2) is 34.2 Å². The van der Waals surface area contributed by atoms with Gasteiger partial charge in [-0.1, -0.05) is 127 Å². The summed E-state index contributed by atoms with van der Waals surface area (Å²) in [5, 5.41) is 4.27. The molecule has 50 heavy (non-hydrogen) atoms. The van der Waals surface area contributed by atoms with Crippen LogP contribution in [0.2, 0.25) is 0 Å². The number of rotatable bonds is 5. The SMILES string of the molecule is c1ccc(-c2nc(-c3ccccc3)nc(-c3cccc4c(-c5ccc(-c6nc7c(ccc8c9ccccc9oc87)o6)cc5)cccc34)n2)cc1. The molecule has 0 aliphatic carbocycles. The Kier molecular flexibility index (Phi) is 6.39. The highest BCUT2D eigenvalue weighted by Gasteiger charge is 2.18. The first-order chi connectivity index (χ1) is 24.8. The monoisotopic (exact) mass is 642 g/mol. The molecule has 0 aliphatic rings. The summed E-state index contributed by atoms with van der Waals surface area (Å²) in [6, 6.07) is 53.2. The van der Waals surface area contributed by atoms with E-state index >= 15 is 0 Å². The molecule has 10 aromatic rings. The molecule has 3 heterocycles. The van der Waals surface area contributed by atoms with Crippen LogP contribution in [0.15, 0.2) is 167 Å². The van der Waals surface area contributed by atoms with Crippen molar-refractivity contribution < 1.29 is 8.83 Å². The second-order valence-electron chi connectivity index (χ2n) is 12.2. The molecule has 0 radical (unpaired) electrons. The molecule has 0 saturated heterocycles. The molecule has 3 aromatic heterocycles. The first-order valence-electron chi connectivity index (χ1n) is 16.5. The van der Waals surface area contributed by atoms with E-state index in [1.165, 1.54) is 0 Å². The smallest absolute Gasteiger partial charge is 0.227 e. The van der Waals surface area contributed by atoms with E-state index in [1.54, 1.807) is 0 Å². The third kappa shape index (κ3) is 4.65. The fraction of sp³-hybridized carbons (Fsp3) is 0. The number of hydrogen-bond acceptors (Lipinski definition) is 6. The van der Waals surface area contributed by atoms with Gasteiger partial charge < -0.3 is 8.83 Å². The minimum atomic E-state index is 0.554. The van der Waals surface area contributed by atoms with E-state index in [2.05, 4.69) is 66.7 Å². The maximum Gasteiger partial charge on any atom is 0.227 e. The van der Waals surface area contributed by atoms with Crippen LogP contribution < -0.4 is 0 Å². The van der Waals surface area contributed by atoms with Gasteiger partial charge in [-0.3, -0.25) is 0 Å². The lowest BCUT2D eigenvalue weighted by Gasteiger charge is -2.12. The van der Waals surface area contributed by atoms with Crippen molar-refractivity contribution in [2.45, 2.75) is 0 Å². The predicted molar refractivity (Wildman–Crippen MR) is 199 cm³/mol. The Bertz CT molecular complexity index is 2800. The predicted octanol–water partition coefficient (Wildman–Crippen LogP) is 11.4. The van der Waals surface area contributed by atoms with Crippen LogP contribution in [-0.2, 0) is 0 Å². The van der Waals surface area contributed by atoms with Gasteiger partial charge in [-0.25, -0.2) is 19.9 Å². The molecule has 7 aromatic carbocycles. The van der Waals surface area contributed by atoms with E-state index in [-0.39, 0.29) is 0 Å². The van der Waals surface area contributed by atoms with Crippen LogP contribution in [-0.4, -0.2) is 19.9 Å². The molecule has 6 nitrogen and oxygen atoms in total. The molecule has 0 saturated carbocycles. The lowest BCUT2D eigenvalue weighted by atomic mass is 9.95. The van der Waals surface area contributed by atoms with E-state index in [0.29, 0.717) is 28.9 Å². The summed E-state index contributed by atoms with van der Waals surface area (Å²) in [6.07, 6.45) is 0. The second-order valence-corrected chi connectivity index (χ2v) is 12.2. The summed E-state index contributed by atoms with van der Waals surface area (Å²) in [6.45, 7) is 0. The molecular formula is C44H26N4O2. The molecule has 0 N–H and O–H groups in total. The summed E-state index contributed by atoms with van der Waals surface area (Å²) >= 11 is 0. The van der Waals surface area contributed by atoms with Crippen LogP contribution in [0.4, 0.5) is 0 Å². The van der Waals surface area contributed by atoms with Gasteiger partial charge in [-0.15, -0.1) is 0 Å². The number of para-hydroxylation sites is 1. The molecule has 0 aliphatic heterocycles. The van der Waals surface area contributed by atoms with Crippen molar-refractivity contribution in [3.05, 3.63) is 158 Å². The zero-order valence-corrected chi connectivity index (χ0v) is 26.6. The van der Waals surface area contributed by atoms with Crippen molar-refractivity contribution in [3.63, 3.8) is 0 Å². The van der Waals surface area contributed by atoms with Gasteiger partial charge in [0.25, 0.3) is 0 Å². The van der Waals surface area contributed by atoms with E-state index in [0.717, 1.165) is 71.6 Å². The van der Waals surface area contributed by atoms with Gasteiger partial charge in [0, 0.05) is 33.0 Å². The number of aromatic nitrogens is 4. The first kappa shape index (κ1) is 28.1. The zero-order chi connectivity index (χ0) is 33.0. The van der Waals surface area contributed by atoms with Gasteiger partial charge >= 0.3 is 0 Å². The van der Waals surface area contributed by atoms with Crippen LogP contribution in [0.3, 0.4) is 0 Å². The Morgan fingerprint density at radius 1 is 0.320 bits per heavy atom. The van der Waals surface area contributed by atoms with Crippen molar-refractivity contribution in [3.8, 4) is 56.7 Å². The Morgan fingerprint density at radius 2 is 0.900 bits per heavy atom. The number of oxazole rings is 1. The maximum absolute atomic E-state index is 6.23. The summed E-state index contributed by atoms with van der Waals surface area (Å²) in [7, 11) is 0. The standard InChI is InChI=1S/C44H26N4O2/c1-3-11-28(12-4-1)41-46-42(29-13-5-2-6-14-29)48-43(47-41)36-19-10-17-32-31(16-9-18-33(32)36)27-21-23-30(24-22-27)44-45-39-38(50-44)26-25-35-34-15-7-8-20-37(34)49-40(35)39/h1-26H. The van der Waals surface area contributed by atoms with E-state index in [1.807, 2.05) is 91.0 Å². The zero-order valence-electron chi connectivity index (χ0n) is 26.6. The molecule has 6 heteroatoms. The van der Waals surface area contributed by atoms with Gasteiger partial charge in [0.2, 0.25) is 5.89 Å². The van der Waals surface area contributed by atoms with Crippen LogP contribution in [0.1, 0.15) is 0 Å². The average molecular weight is 643 g/mol. The maximum atomic E-state index is 6.23. The third-order valence-electron chi connectivity index (χ3n) is 9.21. The lowest BCUT2D eigenvalue weighted by molar-refractivity contribution is 0.620. The Hall–Kier alpha value is -6.92. The Labute approximate surface area is 286 Å². The van der Waals surface area contributed by atoms with Crippen molar-refractivity contribution >= 4 is 43.8 Å². The lowest BCUT2D eigenvalue weighted by Crippen LogP contribution is -2.00. The van der Waals surface area contributed by atoms with Crippen molar-refractivity contribution in [1.82, 2.24) is 19.9 Å². The second kappa shape index (κ2) is 11.4. The van der Waals surface area contributed by atoms with Crippen LogP contribution in [0, 0.1) is 0 Å². The molecular weight excluding hydrogens is 617 g/mol. The van der Waals surface area contributed by atoms with E-state index < -0.39 is 0 Å². The van der Waals surface area contributed by atoms with Crippen LogP contribution in [0.5, 0.6) is 0 Å². The Morgan fingerprint density at radius 3 is 1.62 bits per heavy atom. The fourth-order valence-corrected chi connectivity index (χ4v) is 6.77. The quantitative estimate of drug-likeness (QED) is 0.186. The van der Waals surface area contributed by atoms with E-state index in [4.69, 9.17) is 28.8 Å². The largest absolute Gasteiger partial charge is 0.454 e. The molecule has 0 spiro atoms. The normalized spacial score (nSPS) is 11.6. The molecule has 0 amide bonds. The Balaban J connectivity index is 1.05.